The molecule has 0 bridgehead atoms. The fourth-order valence-electron chi connectivity index (χ4n) is 6.59. The van der Waals surface area contributed by atoms with Crippen LogP contribution < -0.4 is 20.0 Å². The molecule has 5 heterocycles. The highest BCUT2D eigenvalue weighted by Gasteiger charge is 2.39. The molecule has 0 spiro atoms. The van der Waals surface area contributed by atoms with Gasteiger partial charge in [0.25, 0.3) is 0 Å². The van der Waals surface area contributed by atoms with E-state index >= 15 is 0 Å². The SMILES string of the molecule is Cc1cccc2cccc(N3CCc4c(nc(N5CCOCC5)nc4N4CCN(C(=O)[C@@H]5CN5)[C@@H](CC#N)C4)C3)c12. The lowest BCUT2D eigenvalue weighted by molar-refractivity contribution is -0.133. The number of aromatic nitrogens is 2. The molecule has 4 aliphatic heterocycles. The zero-order valence-electron chi connectivity index (χ0n) is 23.6. The van der Waals surface area contributed by atoms with Gasteiger partial charge < -0.3 is 29.7 Å². The second-order valence-corrected chi connectivity index (χ2v) is 11.4. The van der Waals surface area contributed by atoms with Crippen molar-refractivity contribution in [2.24, 2.45) is 0 Å². The summed E-state index contributed by atoms with van der Waals surface area (Å²) in [5, 5.41) is 15.3. The van der Waals surface area contributed by atoms with Crippen LogP contribution in [0.15, 0.2) is 36.4 Å². The molecule has 3 aromatic rings. The summed E-state index contributed by atoms with van der Waals surface area (Å²) in [7, 11) is 0. The van der Waals surface area contributed by atoms with Crippen LogP contribution in [0.3, 0.4) is 0 Å². The molecule has 1 aromatic heterocycles. The number of benzene rings is 2. The van der Waals surface area contributed by atoms with E-state index in [1.165, 1.54) is 27.6 Å². The molecule has 1 amide bonds. The van der Waals surface area contributed by atoms with E-state index in [1.54, 1.807) is 0 Å². The molecule has 1 N–H and O–H groups in total. The van der Waals surface area contributed by atoms with Gasteiger partial charge in [0.15, 0.2) is 0 Å². The molecular formula is C31H36N8O2. The van der Waals surface area contributed by atoms with Gasteiger partial charge >= 0.3 is 0 Å². The Morgan fingerprint density at radius 2 is 1.85 bits per heavy atom. The maximum atomic E-state index is 13.0. The number of nitriles is 1. The summed E-state index contributed by atoms with van der Waals surface area (Å²) in [6, 6.07) is 15.1. The van der Waals surface area contributed by atoms with E-state index in [2.05, 4.69) is 69.4 Å². The summed E-state index contributed by atoms with van der Waals surface area (Å²) in [4.78, 5) is 32.2. The van der Waals surface area contributed by atoms with E-state index in [4.69, 9.17) is 14.7 Å². The molecule has 41 heavy (non-hydrogen) atoms. The van der Waals surface area contributed by atoms with Gasteiger partial charge in [-0.3, -0.25) is 4.79 Å². The number of amides is 1. The van der Waals surface area contributed by atoms with Crippen LogP contribution in [0.4, 0.5) is 17.5 Å². The first-order chi connectivity index (χ1) is 20.1. The van der Waals surface area contributed by atoms with Crippen molar-refractivity contribution >= 4 is 34.1 Å². The average molecular weight is 553 g/mol. The lowest BCUT2D eigenvalue weighted by Gasteiger charge is -2.43. The normalized spacial score (nSPS) is 22.4. The van der Waals surface area contributed by atoms with Gasteiger partial charge in [-0.15, -0.1) is 0 Å². The number of rotatable bonds is 5. The number of aryl methyl sites for hydroxylation is 1. The van der Waals surface area contributed by atoms with Gasteiger partial charge in [0, 0.05) is 62.5 Å². The smallest absolute Gasteiger partial charge is 0.241 e. The Labute approximate surface area is 240 Å². The molecule has 212 valence electrons. The molecule has 0 unspecified atom stereocenters. The molecule has 4 aliphatic rings. The second kappa shape index (κ2) is 10.8. The number of hydrogen-bond acceptors (Lipinski definition) is 9. The topological polar surface area (TPSA) is 111 Å². The summed E-state index contributed by atoms with van der Waals surface area (Å²) in [6.07, 6.45) is 1.15. The average Bonchev–Trinajstić information content (AvgIpc) is 3.86. The molecular weight excluding hydrogens is 516 g/mol. The van der Waals surface area contributed by atoms with Crippen LogP contribution in [0.25, 0.3) is 10.8 Å². The number of hydrogen-bond donors (Lipinski definition) is 1. The number of nitrogens with zero attached hydrogens (tertiary/aromatic N) is 7. The Hall–Kier alpha value is -3.94. The molecule has 3 fully saturated rings. The van der Waals surface area contributed by atoms with Crippen LogP contribution in [0, 0.1) is 18.3 Å². The van der Waals surface area contributed by atoms with Crippen molar-refractivity contribution < 1.29 is 9.53 Å². The van der Waals surface area contributed by atoms with Crippen molar-refractivity contribution in [1.82, 2.24) is 20.2 Å². The second-order valence-electron chi connectivity index (χ2n) is 11.4. The number of piperazine rings is 1. The maximum Gasteiger partial charge on any atom is 0.241 e. The Morgan fingerprint density at radius 3 is 2.63 bits per heavy atom. The summed E-state index contributed by atoms with van der Waals surface area (Å²) >= 11 is 0. The minimum atomic E-state index is -0.153. The Morgan fingerprint density at radius 1 is 1.05 bits per heavy atom. The quantitative estimate of drug-likeness (QED) is 0.477. The highest BCUT2D eigenvalue weighted by molar-refractivity contribution is 5.97. The van der Waals surface area contributed by atoms with Gasteiger partial charge in [-0.2, -0.15) is 10.2 Å². The number of carbonyl (C=O) groups excluding carboxylic acids is 1. The largest absolute Gasteiger partial charge is 0.378 e. The van der Waals surface area contributed by atoms with E-state index in [1.807, 2.05) is 4.90 Å². The van der Waals surface area contributed by atoms with Gasteiger partial charge in [-0.1, -0.05) is 30.3 Å². The van der Waals surface area contributed by atoms with Crippen LogP contribution in [0.2, 0.25) is 0 Å². The highest BCUT2D eigenvalue weighted by Crippen LogP contribution is 2.36. The van der Waals surface area contributed by atoms with Gasteiger partial charge in [0.05, 0.1) is 50.0 Å². The molecule has 0 radical (unpaired) electrons. The fourth-order valence-corrected chi connectivity index (χ4v) is 6.59. The third-order valence-electron chi connectivity index (χ3n) is 8.86. The van der Waals surface area contributed by atoms with E-state index in [0.29, 0.717) is 45.8 Å². The van der Waals surface area contributed by atoms with E-state index in [9.17, 15) is 10.1 Å². The van der Waals surface area contributed by atoms with Crippen LogP contribution in [0.5, 0.6) is 0 Å². The first-order valence-electron chi connectivity index (χ1n) is 14.7. The monoisotopic (exact) mass is 552 g/mol. The molecule has 2 atom stereocenters. The zero-order chi connectivity index (χ0) is 27.9. The van der Waals surface area contributed by atoms with Crippen molar-refractivity contribution in [3.63, 3.8) is 0 Å². The summed E-state index contributed by atoms with van der Waals surface area (Å²) in [6.45, 7) is 9.24. The van der Waals surface area contributed by atoms with Gasteiger partial charge in [0.2, 0.25) is 11.9 Å². The number of anilines is 3. The van der Waals surface area contributed by atoms with Crippen LogP contribution in [-0.2, 0) is 22.5 Å². The minimum absolute atomic E-state index is 0.0915. The van der Waals surface area contributed by atoms with E-state index < -0.39 is 0 Å². The molecule has 3 saturated heterocycles. The standard InChI is InChI=1S/C31H36N8O2/c1-21-4-2-5-22-6-3-7-27(28(21)22)37-11-9-24-26(20-37)34-31(36-14-16-41-17-15-36)35-29(24)38-12-13-39(23(19-38)8-10-32)30(40)25-18-33-25/h2-7,23,25,33H,8-9,11-20H2,1H3/t23-,25-/m0/s1. The van der Waals surface area contributed by atoms with E-state index in [-0.39, 0.29) is 18.0 Å². The molecule has 0 aliphatic carbocycles. The lowest BCUT2D eigenvalue weighted by atomic mass is 9.99. The molecule has 10 nitrogen and oxygen atoms in total. The minimum Gasteiger partial charge on any atom is -0.378 e. The number of nitrogens with one attached hydrogen (secondary N) is 1. The van der Waals surface area contributed by atoms with Crippen LogP contribution in [0.1, 0.15) is 23.2 Å². The van der Waals surface area contributed by atoms with Crippen molar-refractivity contribution in [2.45, 2.75) is 38.4 Å². The van der Waals surface area contributed by atoms with Crippen molar-refractivity contribution in [3.8, 4) is 6.07 Å². The number of carbonyl (C=O) groups is 1. The third-order valence-corrected chi connectivity index (χ3v) is 8.86. The Bertz CT molecular complexity index is 1500. The zero-order valence-corrected chi connectivity index (χ0v) is 23.6. The lowest BCUT2D eigenvalue weighted by Crippen LogP contribution is -2.57. The van der Waals surface area contributed by atoms with Crippen LogP contribution in [-0.4, -0.2) is 91.9 Å². The predicted molar refractivity (Wildman–Crippen MR) is 158 cm³/mol. The first kappa shape index (κ1) is 26.0. The first-order valence-corrected chi connectivity index (χ1v) is 14.7. The van der Waals surface area contributed by atoms with Crippen molar-refractivity contribution in [3.05, 3.63) is 53.2 Å². The van der Waals surface area contributed by atoms with Crippen LogP contribution >= 0.6 is 0 Å². The van der Waals surface area contributed by atoms with Crippen molar-refractivity contribution in [2.75, 3.05) is 73.7 Å². The molecule has 0 saturated carbocycles. The number of morpholine rings is 1. The Balaban J connectivity index is 1.24. The highest BCUT2D eigenvalue weighted by atomic mass is 16.5. The van der Waals surface area contributed by atoms with Gasteiger partial charge in [0.1, 0.15) is 5.82 Å². The maximum absolute atomic E-state index is 13.0. The third kappa shape index (κ3) is 4.94. The molecule has 2 aromatic carbocycles. The fraction of sp³-hybridized carbons (Fsp3) is 0.484. The van der Waals surface area contributed by atoms with Gasteiger partial charge in [-0.25, -0.2) is 4.98 Å². The predicted octanol–water partition coefficient (Wildman–Crippen LogP) is 2.24. The summed E-state index contributed by atoms with van der Waals surface area (Å²) in [5.41, 5.74) is 4.77. The van der Waals surface area contributed by atoms with E-state index in [0.717, 1.165) is 50.1 Å². The molecule has 7 rings (SSSR count). The van der Waals surface area contributed by atoms with Crippen molar-refractivity contribution in [1.29, 1.82) is 5.26 Å². The number of ether oxygens (including phenoxy) is 1. The Kier molecular flexibility index (Phi) is 6.85. The number of fused-ring (bicyclic) bond motifs is 2. The summed E-state index contributed by atoms with van der Waals surface area (Å²) in [5.74, 6) is 1.82. The summed E-state index contributed by atoms with van der Waals surface area (Å²) < 4.78 is 5.62. The van der Waals surface area contributed by atoms with Gasteiger partial charge in [-0.05, 0) is 30.4 Å². The molecule has 10 heteroatoms.